The van der Waals surface area contributed by atoms with E-state index in [1.807, 2.05) is 0 Å². The van der Waals surface area contributed by atoms with E-state index in [4.69, 9.17) is 9.47 Å². The molecule has 0 saturated carbocycles. The van der Waals surface area contributed by atoms with E-state index in [9.17, 15) is 14.4 Å². The van der Waals surface area contributed by atoms with Crippen LogP contribution in [0.15, 0.2) is 23.1 Å². The lowest BCUT2D eigenvalue weighted by molar-refractivity contribution is -0.143. The fraction of sp³-hybridized carbons (Fsp3) is 0.438. The summed E-state index contributed by atoms with van der Waals surface area (Å²) >= 11 is 1.42. The lowest BCUT2D eigenvalue weighted by atomic mass is 10.2. The summed E-state index contributed by atoms with van der Waals surface area (Å²) in [4.78, 5) is 38.5. The molecule has 1 saturated heterocycles. The highest BCUT2D eigenvalue weighted by Crippen LogP contribution is 2.32. The minimum Gasteiger partial charge on any atom is -0.449 e. The minimum absolute atomic E-state index is 0.103. The lowest BCUT2D eigenvalue weighted by Gasteiger charge is -2.29. The molecule has 24 heavy (non-hydrogen) atoms. The summed E-state index contributed by atoms with van der Waals surface area (Å²) in [5.41, 5.74) is 0.899. The van der Waals surface area contributed by atoms with Crippen molar-refractivity contribution in [2.24, 2.45) is 0 Å². The van der Waals surface area contributed by atoms with E-state index in [0.29, 0.717) is 43.3 Å². The van der Waals surface area contributed by atoms with Crippen LogP contribution in [0.5, 0.6) is 0 Å². The number of esters is 1. The van der Waals surface area contributed by atoms with E-state index in [0.717, 1.165) is 4.90 Å². The first kappa shape index (κ1) is 16.8. The smallest absolute Gasteiger partial charge is 0.338 e. The van der Waals surface area contributed by atoms with Gasteiger partial charge in [0.2, 0.25) is 5.91 Å². The molecule has 1 aromatic rings. The van der Waals surface area contributed by atoms with Crippen molar-refractivity contribution in [3.63, 3.8) is 0 Å². The maximum atomic E-state index is 12.3. The van der Waals surface area contributed by atoms with Crippen LogP contribution in [0.4, 0.5) is 5.69 Å². The highest BCUT2D eigenvalue weighted by Gasteiger charge is 2.26. The van der Waals surface area contributed by atoms with Crippen LogP contribution in [0.3, 0.4) is 0 Å². The molecule has 0 bridgehead atoms. The molecule has 0 spiro atoms. The van der Waals surface area contributed by atoms with Gasteiger partial charge in [0.15, 0.2) is 6.10 Å². The molecule has 0 aromatic heterocycles. The van der Waals surface area contributed by atoms with E-state index in [2.05, 4.69) is 5.32 Å². The standard InChI is InChI=1S/C16H18N2O5S/c1-10(15(20)18-4-6-22-7-5-18)23-16(21)11-2-3-13-12(8-11)17-14(19)9-24-13/h2-3,8,10H,4-7,9H2,1H3,(H,17,19). The summed E-state index contributed by atoms with van der Waals surface area (Å²) in [7, 11) is 0. The molecule has 3 rings (SSSR count). The number of fused-ring (bicyclic) bond motifs is 1. The van der Waals surface area contributed by atoms with Gasteiger partial charge in [0.05, 0.1) is 30.2 Å². The number of carbonyl (C=O) groups excluding carboxylic acids is 3. The van der Waals surface area contributed by atoms with Gasteiger partial charge < -0.3 is 19.7 Å². The predicted octanol–water partition coefficient (Wildman–Crippen LogP) is 1.13. The summed E-state index contributed by atoms with van der Waals surface area (Å²) in [6.45, 7) is 3.56. The van der Waals surface area contributed by atoms with Gasteiger partial charge in [0.1, 0.15) is 0 Å². The molecule has 1 N–H and O–H groups in total. The summed E-state index contributed by atoms with van der Waals surface area (Å²) in [5.74, 6) is -0.555. The number of carbonyl (C=O) groups is 3. The number of benzene rings is 1. The van der Waals surface area contributed by atoms with Crippen LogP contribution in [0.1, 0.15) is 17.3 Å². The number of hydrogen-bond donors (Lipinski definition) is 1. The molecule has 1 fully saturated rings. The van der Waals surface area contributed by atoms with Crippen molar-refractivity contribution in [2.45, 2.75) is 17.9 Å². The van der Waals surface area contributed by atoms with E-state index in [1.165, 1.54) is 11.8 Å². The Morgan fingerprint density at radius 3 is 2.83 bits per heavy atom. The number of anilines is 1. The number of hydrogen-bond acceptors (Lipinski definition) is 6. The molecule has 1 atom stereocenters. The first-order valence-electron chi connectivity index (χ1n) is 7.69. The molecule has 2 aliphatic rings. The highest BCUT2D eigenvalue weighted by molar-refractivity contribution is 8.00. The Kier molecular flexibility index (Phi) is 5.06. The number of morpholine rings is 1. The van der Waals surface area contributed by atoms with Gasteiger partial charge >= 0.3 is 5.97 Å². The van der Waals surface area contributed by atoms with Crippen LogP contribution in [0.2, 0.25) is 0 Å². The molecule has 0 aliphatic carbocycles. The number of rotatable bonds is 3. The Morgan fingerprint density at radius 2 is 2.08 bits per heavy atom. The third kappa shape index (κ3) is 3.70. The van der Waals surface area contributed by atoms with Crippen molar-refractivity contribution in [3.8, 4) is 0 Å². The van der Waals surface area contributed by atoms with Crippen LogP contribution in [-0.2, 0) is 19.1 Å². The Labute approximate surface area is 143 Å². The summed E-state index contributed by atoms with van der Waals surface area (Å²) in [6, 6.07) is 4.98. The SMILES string of the molecule is CC(OC(=O)c1ccc2c(c1)NC(=O)CS2)C(=O)N1CCOCC1. The van der Waals surface area contributed by atoms with Gasteiger partial charge in [-0.15, -0.1) is 11.8 Å². The molecule has 128 valence electrons. The zero-order chi connectivity index (χ0) is 17.1. The predicted molar refractivity (Wildman–Crippen MR) is 88.1 cm³/mol. The van der Waals surface area contributed by atoms with Gasteiger partial charge in [-0.3, -0.25) is 9.59 Å². The third-order valence-electron chi connectivity index (χ3n) is 3.80. The lowest BCUT2D eigenvalue weighted by Crippen LogP contribution is -2.46. The van der Waals surface area contributed by atoms with Crippen LogP contribution < -0.4 is 5.32 Å². The van der Waals surface area contributed by atoms with E-state index in [1.54, 1.807) is 30.0 Å². The zero-order valence-corrected chi connectivity index (χ0v) is 14.1. The maximum absolute atomic E-state index is 12.3. The molecule has 1 unspecified atom stereocenters. The molecular formula is C16H18N2O5S. The average Bonchev–Trinajstić information content (AvgIpc) is 2.61. The third-order valence-corrected chi connectivity index (χ3v) is 4.88. The monoisotopic (exact) mass is 350 g/mol. The second kappa shape index (κ2) is 7.23. The number of ether oxygens (including phenoxy) is 2. The van der Waals surface area contributed by atoms with Crippen molar-refractivity contribution in [2.75, 3.05) is 37.4 Å². The summed E-state index contributed by atoms with van der Waals surface area (Å²) in [5, 5.41) is 2.73. The van der Waals surface area contributed by atoms with Gasteiger partial charge in [0.25, 0.3) is 5.91 Å². The first-order valence-corrected chi connectivity index (χ1v) is 8.67. The number of nitrogens with zero attached hydrogens (tertiary/aromatic N) is 1. The van der Waals surface area contributed by atoms with Crippen molar-refractivity contribution >= 4 is 35.2 Å². The van der Waals surface area contributed by atoms with E-state index in [-0.39, 0.29) is 11.8 Å². The Bertz CT molecular complexity index is 672. The zero-order valence-electron chi connectivity index (χ0n) is 13.2. The van der Waals surface area contributed by atoms with Gasteiger partial charge in [0, 0.05) is 18.0 Å². The molecule has 7 nitrogen and oxygen atoms in total. The van der Waals surface area contributed by atoms with E-state index < -0.39 is 12.1 Å². The molecule has 2 aliphatic heterocycles. The summed E-state index contributed by atoms with van der Waals surface area (Å²) < 4.78 is 10.5. The highest BCUT2D eigenvalue weighted by atomic mass is 32.2. The fourth-order valence-corrected chi connectivity index (χ4v) is 3.32. The normalized spacial score (nSPS) is 18.4. The summed E-state index contributed by atoms with van der Waals surface area (Å²) in [6.07, 6.45) is -0.865. The van der Waals surface area contributed by atoms with Crippen molar-refractivity contribution in [1.29, 1.82) is 0 Å². The largest absolute Gasteiger partial charge is 0.449 e. The van der Waals surface area contributed by atoms with Crippen molar-refractivity contribution in [3.05, 3.63) is 23.8 Å². The minimum atomic E-state index is -0.865. The molecule has 2 heterocycles. The second-order valence-electron chi connectivity index (χ2n) is 5.53. The first-order chi connectivity index (χ1) is 11.5. The maximum Gasteiger partial charge on any atom is 0.338 e. The van der Waals surface area contributed by atoms with Crippen molar-refractivity contribution in [1.82, 2.24) is 4.90 Å². The topological polar surface area (TPSA) is 84.9 Å². The van der Waals surface area contributed by atoms with Crippen LogP contribution >= 0.6 is 11.8 Å². The Hall–Kier alpha value is -2.06. The number of amides is 2. The molecule has 0 radical (unpaired) electrons. The fourth-order valence-electron chi connectivity index (χ4n) is 2.53. The van der Waals surface area contributed by atoms with Gasteiger partial charge in [-0.05, 0) is 25.1 Å². The van der Waals surface area contributed by atoms with E-state index >= 15 is 0 Å². The number of thioether (sulfide) groups is 1. The molecule has 8 heteroatoms. The Morgan fingerprint density at radius 1 is 1.33 bits per heavy atom. The van der Waals surface area contributed by atoms with Crippen LogP contribution in [0, 0.1) is 0 Å². The van der Waals surface area contributed by atoms with Crippen molar-refractivity contribution < 1.29 is 23.9 Å². The van der Waals surface area contributed by atoms with Gasteiger partial charge in [-0.25, -0.2) is 4.79 Å². The number of nitrogens with one attached hydrogen (secondary N) is 1. The van der Waals surface area contributed by atoms with Crippen LogP contribution in [-0.4, -0.2) is 60.8 Å². The molecular weight excluding hydrogens is 332 g/mol. The van der Waals surface area contributed by atoms with Gasteiger partial charge in [-0.1, -0.05) is 0 Å². The molecule has 2 amide bonds. The second-order valence-corrected chi connectivity index (χ2v) is 6.55. The van der Waals surface area contributed by atoms with Crippen LogP contribution in [0.25, 0.3) is 0 Å². The average molecular weight is 350 g/mol. The van der Waals surface area contributed by atoms with Gasteiger partial charge in [-0.2, -0.15) is 0 Å². The Balaban J connectivity index is 1.65. The molecule has 1 aromatic carbocycles. The quantitative estimate of drug-likeness (QED) is 0.823.